The Bertz CT molecular complexity index is 305. The largest absolute Gasteiger partial charge is 0.497 e. The van der Waals surface area contributed by atoms with Crippen LogP contribution in [0.4, 0.5) is 0 Å². The highest BCUT2D eigenvalue weighted by molar-refractivity contribution is 5.32. The molecule has 2 rings (SSSR count). The molecule has 15 heavy (non-hydrogen) atoms. The fourth-order valence-corrected chi connectivity index (χ4v) is 1.62. The fourth-order valence-electron chi connectivity index (χ4n) is 1.62. The van der Waals surface area contributed by atoms with Crippen molar-refractivity contribution < 1.29 is 14.2 Å². The van der Waals surface area contributed by atoms with Crippen LogP contribution in [0, 0.1) is 5.92 Å². The summed E-state index contributed by atoms with van der Waals surface area (Å²) in [6.45, 7) is 2.42. The first kappa shape index (κ1) is 10.3. The summed E-state index contributed by atoms with van der Waals surface area (Å²) in [6.07, 6.45) is 1.10. The van der Waals surface area contributed by atoms with Crippen LogP contribution in [0.1, 0.15) is 6.42 Å². The van der Waals surface area contributed by atoms with Gasteiger partial charge in [-0.15, -0.1) is 0 Å². The SMILES string of the molecule is COc1cccc(OCC2CCOC2)c1. The van der Waals surface area contributed by atoms with E-state index < -0.39 is 0 Å². The molecule has 3 nitrogen and oxygen atoms in total. The first-order valence-corrected chi connectivity index (χ1v) is 5.23. The summed E-state index contributed by atoms with van der Waals surface area (Å²) in [5.41, 5.74) is 0. The molecule has 1 aliphatic rings. The summed E-state index contributed by atoms with van der Waals surface area (Å²) in [4.78, 5) is 0. The second-order valence-electron chi connectivity index (χ2n) is 3.72. The van der Waals surface area contributed by atoms with E-state index in [9.17, 15) is 0 Å². The molecule has 82 valence electrons. The Kier molecular flexibility index (Phi) is 3.45. The zero-order valence-electron chi connectivity index (χ0n) is 8.94. The lowest BCUT2D eigenvalue weighted by Crippen LogP contribution is -2.11. The lowest BCUT2D eigenvalue weighted by atomic mass is 10.1. The topological polar surface area (TPSA) is 27.7 Å². The molecule has 0 amide bonds. The molecule has 0 spiro atoms. The van der Waals surface area contributed by atoms with E-state index in [4.69, 9.17) is 14.2 Å². The van der Waals surface area contributed by atoms with Crippen LogP contribution in [-0.2, 0) is 4.74 Å². The maximum Gasteiger partial charge on any atom is 0.122 e. The van der Waals surface area contributed by atoms with Gasteiger partial charge in [-0.2, -0.15) is 0 Å². The summed E-state index contributed by atoms with van der Waals surface area (Å²) in [5, 5.41) is 0. The van der Waals surface area contributed by atoms with Gasteiger partial charge >= 0.3 is 0 Å². The molecule has 1 aromatic carbocycles. The lowest BCUT2D eigenvalue weighted by molar-refractivity contribution is 0.167. The van der Waals surface area contributed by atoms with Crippen LogP contribution in [0.25, 0.3) is 0 Å². The molecule has 1 atom stereocenters. The Balaban J connectivity index is 1.86. The van der Waals surface area contributed by atoms with Crippen molar-refractivity contribution in [2.45, 2.75) is 6.42 Å². The number of hydrogen-bond acceptors (Lipinski definition) is 3. The third-order valence-electron chi connectivity index (χ3n) is 2.55. The van der Waals surface area contributed by atoms with Gasteiger partial charge in [0.2, 0.25) is 0 Å². The predicted molar refractivity (Wildman–Crippen MR) is 57.4 cm³/mol. The molecule has 1 unspecified atom stereocenters. The van der Waals surface area contributed by atoms with Gasteiger partial charge in [0, 0.05) is 18.6 Å². The highest BCUT2D eigenvalue weighted by atomic mass is 16.5. The predicted octanol–water partition coefficient (Wildman–Crippen LogP) is 2.11. The van der Waals surface area contributed by atoms with Crippen LogP contribution >= 0.6 is 0 Å². The van der Waals surface area contributed by atoms with E-state index in [1.54, 1.807) is 7.11 Å². The molecular formula is C12H16O3. The number of ether oxygens (including phenoxy) is 3. The minimum Gasteiger partial charge on any atom is -0.497 e. The van der Waals surface area contributed by atoms with Crippen molar-refractivity contribution >= 4 is 0 Å². The van der Waals surface area contributed by atoms with Crippen LogP contribution in [0.15, 0.2) is 24.3 Å². The van der Waals surface area contributed by atoms with Gasteiger partial charge in [-0.05, 0) is 18.6 Å². The van der Waals surface area contributed by atoms with E-state index in [0.717, 1.165) is 37.7 Å². The molecule has 0 radical (unpaired) electrons. The van der Waals surface area contributed by atoms with Crippen molar-refractivity contribution in [3.8, 4) is 11.5 Å². The number of methoxy groups -OCH3 is 1. The van der Waals surface area contributed by atoms with Crippen molar-refractivity contribution in [3.05, 3.63) is 24.3 Å². The van der Waals surface area contributed by atoms with E-state index in [-0.39, 0.29) is 0 Å². The van der Waals surface area contributed by atoms with E-state index in [1.165, 1.54) is 0 Å². The van der Waals surface area contributed by atoms with Crippen LogP contribution < -0.4 is 9.47 Å². The summed E-state index contributed by atoms with van der Waals surface area (Å²) in [7, 11) is 1.66. The molecule has 0 bridgehead atoms. The molecule has 3 heteroatoms. The summed E-state index contributed by atoms with van der Waals surface area (Å²) >= 11 is 0. The normalized spacial score (nSPS) is 20.2. The molecule has 1 aliphatic heterocycles. The average Bonchev–Trinajstić information content (AvgIpc) is 2.79. The third kappa shape index (κ3) is 2.86. The van der Waals surface area contributed by atoms with Crippen LogP contribution in [0.2, 0.25) is 0 Å². The molecule has 1 fully saturated rings. The molecule has 1 aromatic rings. The highest BCUT2D eigenvalue weighted by Gasteiger charge is 2.16. The second kappa shape index (κ2) is 5.03. The van der Waals surface area contributed by atoms with Gasteiger partial charge in [0.15, 0.2) is 0 Å². The van der Waals surface area contributed by atoms with Crippen LogP contribution in [-0.4, -0.2) is 26.9 Å². The van der Waals surface area contributed by atoms with Crippen LogP contribution in [0.5, 0.6) is 11.5 Å². The average molecular weight is 208 g/mol. The quantitative estimate of drug-likeness (QED) is 0.758. The van der Waals surface area contributed by atoms with Gasteiger partial charge in [0.25, 0.3) is 0 Å². The molecule has 0 N–H and O–H groups in total. The summed E-state index contributed by atoms with van der Waals surface area (Å²) < 4.78 is 16.1. The maximum absolute atomic E-state index is 5.67. The van der Waals surface area contributed by atoms with Gasteiger partial charge in [-0.3, -0.25) is 0 Å². The van der Waals surface area contributed by atoms with E-state index in [0.29, 0.717) is 5.92 Å². The van der Waals surface area contributed by atoms with Gasteiger partial charge in [-0.25, -0.2) is 0 Å². The number of rotatable bonds is 4. The molecular weight excluding hydrogens is 192 g/mol. The number of hydrogen-bond donors (Lipinski definition) is 0. The monoisotopic (exact) mass is 208 g/mol. The van der Waals surface area contributed by atoms with Crippen molar-refractivity contribution in [1.29, 1.82) is 0 Å². The Morgan fingerprint density at radius 1 is 1.40 bits per heavy atom. The maximum atomic E-state index is 5.67. The zero-order valence-corrected chi connectivity index (χ0v) is 8.94. The minimum absolute atomic E-state index is 0.538. The lowest BCUT2D eigenvalue weighted by Gasteiger charge is -2.10. The van der Waals surface area contributed by atoms with Crippen LogP contribution in [0.3, 0.4) is 0 Å². The summed E-state index contributed by atoms with van der Waals surface area (Å²) in [5.74, 6) is 2.23. The molecule has 0 aliphatic carbocycles. The first-order chi connectivity index (χ1) is 7.38. The Labute approximate surface area is 90.0 Å². The van der Waals surface area contributed by atoms with Gasteiger partial charge in [0.1, 0.15) is 11.5 Å². The van der Waals surface area contributed by atoms with Crippen molar-refractivity contribution in [2.24, 2.45) is 5.92 Å². The number of benzene rings is 1. The van der Waals surface area contributed by atoms with Gasteiger partial charge in [0.05, 0.1) is 20.3 Å². The standard InChI is InChI=1S/C12H16O3/c1-13-11-3-2-4-12(7-11)15-9-10-5-6-14-8-10/h2-4,7,10H,5-6,8-9H2,1H3. The van der Waals surface area contributed by atoms with Crippen molar-refractivity contribution in [1.82, 2.24) is 0 Å². The molecule has 0 aromatic heterocycles. The zero-order chi connectivity index (χ0) is 10.5. The smallest absolute Gasteiger partial charge is 0.122 e. The second-order valence-corrected chi connectivity index (χ2v) is 3.72. The van der Waals surface area contributed by atoms with Gasteiger partial charge < -0.3 is 14.2 Å². The van der Waals surface area contributed by atoms with E-state index in [1.807, 2.05) is 24.3 Å². The first-order valence-electron chi connectivity index (χ1n) is 5.23. The van der Waals surface area contributed by atoms with E-state index >= 15 is 0 Å². The minimum atomic E-state index is 0.538. The van der Waals surface area contributed by atoms with Gasteiger partial charge in [-0.1, -0.05) is 6.07 Å². The molecule has 1 heterocycles. The highest BCUT2D eigenvalue weighted by Crippen LogP contribution is 2.20. The molecule has 1 saturated heterocycles. The summed E-state index contributed by atoms with van der Waals surface area (Å²) in [6, 6.07) is 7.68. The van der Waals surface area contributed by atoms with Crippen molar-refractivity contribution in [3.63, 3.8) is 0 Å². The fraction of sp³-hybridized carbons (Fsp3) is 0.500. The Morgan fingerprint density at radius 2 is 2.27 bits per heavy atom. The van der Waals surface area contributed by atoms with E-state index in [2.05, 4.69) is 0 Å². The molecule has 0 saturated carbocycles. The third-order valence-corrected chi connectivity index (χ3v) is 2.55. The van der Waals surface area contributed by atoms with Crippen molar-refractivity contribution in [2.75, 3.05) is 26.9 Å². The Hall–Kier alpha value is -1.22. The Morgan fingerprint density at radius 3 is 3.00 bits per heavy atom.